The predicted octanol–water partition coefficient (Wildman–Crippen LogP) is 3.18. The minimum absolute atomic E-state index is 0.0570. The van der Waals surface area contributed by atoms with Crippen LogP contribution in [0, 0.1) is 5.82 Å². The van der Waals surface area contributed by atoms with Gasteiger partial charge in [0.25, 0.3) is 0 Å². The molecule has 100 valence electrons. The molecule has 19 heavy (non-hydrogen) atoms. The Morgan fingerprint density at radius 2 is 2.00 bits per heavy atom. The maximum Gasteiger partial charge on any atom is 0.225 e. The molecule has 0 atom stereocenters. The van der Waals surface area contributed by atoms with Crippen molar-refractivity contribution in [3.8, 4) is 0 Å². The lowest BCUT2D eigenvalue weighted by Crippen LogP contribution is -2.26. The lowest BCUT2D eigenvalue weighted by Gasteiger charge is -2.04. The number of hydrogen-bond donors (Lipinski definition) is 1. The van der Waals surface area contributed by atoms with Crippen molar-refractivity contribution < 1.29 is 9.18 Å². The second-order valence-electron chi connectivity index (χ2n) is 4.34. The van der Waals surface area contributed by atoms with E-state index in [-0.39, 0.29) is 11.7 Å². The van der Waals surface area contributed by atoms with Gasteiger partial charge in [0.05, 0.1) is 6.42 Å². The highest BCUT2D eigenvalue weighted by atomic mass is 32.1. The van der Waals surface area contributed by atoms with E-state index in [0.29, 0.717) is 13.0 Å². The Hall–Kier alpha value is -1.68. The third-order valence-electron chi connectivity index (χ3n) is 2.79. The summed E-state index contributed by atoms with van der Waals surface area (Å²) in [6.45, 7) is 0.654. The fourth-order valence-electron chi connectivity index (χ4n) is 1.81. The van der Waals surface area contributed by atoms with Crippen molar-refractivity contribution >= 4 is 17.2 Å². The molecule has 0 saturated heterocycles. The van der Waals surface area contributed by atoms with Gasteiger partial charge in [0.1, 0.15) is 5.82 Å². The van der Waals surface area contributed by atoms with Gasteiger partial charge in [0, 0.05) is 11.4 Å². The highest BCUT2D eigenvalue weighted by molar-refractivity contribution is 7.10. The lowest BCUT2D eigenvalue weighted by atomic mass is 10.1. The Morgan fingerprint density at radius 1 is 1.21 bits per heavy atom. The molecule has 1 amide bonds. The zero-order valence-corrected chi connectivity index (χ0v) is 11.4. The van der Waals surface area contributed by atoms with Gasteiger partial charge in [-0.25, -0.2) is 4.39 Å². The van der Waals surface area contributed by atoms with E-state index >= 15 is 0 Å². The van der Waals surface area contributed by atoms with Crippen LogP contribution in [0.15, 0.2) is 41.8 Å². The number of carbonyl (C=O) groups excluding carboxylic acids is 1. The Bertz CT molecular complexity index is 507. The number of amides is 1. The van der Waals surface area contributed by atoms with Crippen LogP contribution in [0.25, 0.3) is 0 Å². The first-order valence-electron chi connectivity index (χ1n) is 6.27. The summed E-state index contributed by atoms with van der Waals surface area (Å²) >= 11 is 1.59. The summed E-state index contributed by atoms with van der Waals surface area (Å²) in [6, 6.07) is 10.4. The average molecular weight is 277 g/mol. The number of halogens is 1. The molecular weight excluding hydrogens is 261 g/mol. The number of nitrogens with one attached hydrogen (secondary N) is 1. The van der Waals surface area contributed by atoms with E-state index in [1.54, 1.807) is 23.5 Å². The largest absolute Gasteiger partial charge is 0.356 e. The van der Waals surface area contributed by atoms with Gasteiger partial charge in [-0.1, -0.05) is 18.2 Å². The van der Waals surface area contributed by atoms with Crippen LogP contribution < -0.4 is 5.32 Å². The van der Waals surface area contributed by atoms with Crippen molar-refractivity contribution in [2.24, 2.45) is 0 Å². The molecule has 2 rings (SSSR count). The molecule has 0 aliphatic rings. The summed E-state index contributed by atoms with van der Waals surface area (Å²) in [5.74, 6) is -0.158. The van der Waals surface area contributed by atoms with E-state index in [9.17, 15) is 9.18 Å². The average Bonchev–Trinajstić information content (AvgIpc) is 2.89. The summed E-state index contributed by atoms with van der Waals surface area (Å²) in [5.41, 5.74) is 1.09. The van der Waals surface area contributed by atoms with Crippen LogP contribution in [0.5, 0.6) is 0 Å². The Kier molecular flexibility index (Phi) is 5.10. The van der Waals surface area contributed by atoms with Gasteiger partial charge in [0.15, 0.2) is 0 Å². The van der Waals surface area contributed by atoms with E-state index in [1.165, 1.54) is 12.1 Å². The molecule has 0 aliphatic carbocycles. The highest BCUT2D eigenvalue weighted by Crippen LogP contribution is 2.09. The van der Waals surface area contributed by atoms with Gasteiger partial charge in [0.2, 0.25) is 5.91 Å². The van der Waals surface area contributed by atoms with Gasteiger partial charge in [-0.15, -0.1) is 11.3 Å². The van der Waals surface area contributed by atoms with Gasteiger partial charge in [-0.2, -0.15) is 0 Å². The molecule has 1 aromatic heterocycles. The number of thiophene rings is 1. The topological polar surface area (TPSA) is 29.1 Å². The Labute approximate surface area is 116 Å². The van der Waals surface area contributed by atoms with Crippen LogP contribution >= 0.6 is 11.3 Å². The maximum absolute atomic E-state index is 12.7. The lowest BCUT2D eigenvalue weighted by molar-refractivity contribution is -0.120. The molecular formula is C15H16FNOS. The van der Waals surface area contributed by atoms with Crippen LogP contribution in [-0.2, 0) is 17.6 Å². The van der Waals surface area contributed by atoms with Crippen molar-refractivity contribution in [2.45, 2.75) is 19.3 Å². The van der Waals surface area contributed by atoms with Gasteiger partial charge in [-0.05, 0) is 42.0 Å². The van der Waals surface area contributed by atoms with E-state index in [2.05, 4.69) is 5.32 Å². The number of hydrogen-bond acceptors (Lipinski definition) is 2. The minimum atomic E-state index is -0.215. The highest BCUT2D eigenvalue weighted by Gasteiger charge is 2.03. The fraction of sp³-hybridized carbons (Fsp3) is 0.267. The van der Waals surface area contributed by atoms with Gasteiger partial charge >= 0.3 is 0 Å². The first-order valence-corrected chi connectivity index (χ1v) is 7.15. The molecule has 0 saturated carbocycles. The van der Waals surface area contributed by atoms with Crippen molar-refractivity contribution in [3.63, 3.8) is 0 Å². The number of carbonyl (C=O) groups is 1. The van der Waals surface area contributed by atoms with Crippen LogP contribution in [0.4, 0.5) is 4.39 Å². The van der Waals surface area contributed by atoms with E-state index < -0.39 is 0 Å². The van der Waals surface area contributed by atoms with Crippen molar-refractivity contribution in [3.05, 3.63) is 58.0 Å². The summed E-state index contributed by atoms with van der Waals surface area (Å²) < 4.78 is 12.7. The molecule has 0 aliphatic heterocycles. The number of rotatable bonds is 6. The van der Waals surface area contributed by atoms with Crippen molar-refractivity contribution in [2.75, 3.05) is 6.54 Å². The molecule has 2 nitrogen and oxygen atoms in total. The molecule has 4 heteroatoms. The molecule has 1 N–H and O–H groups in total. The summed E-state index contributed by atoms with van der Waals surface area (Å²) in [6.07, 6.45) is 2.16. The maximum atomic E-state index is 12.7. The summed E-state index contributed by atoms with van der Waals surface area (Å²) in [4.78, 5) is 12.7. The normalized spacial score (nSPS) is 10.4. The van der Waals surface area contributed by atoms with E-state index in [0.717, 1.165) is 23.3 Å². The molecule has 0 unspecified atom stereocenters. The molecule has 0 spiro atoms. The molecule has 1 aromatic carbocycles. The van der Waals surface area contributed by atoms with Crippen molar-refractivity contribution in [1.29, 1.82) is 0 Å². The standard InChI is InChI=1S/C15H16FNOS/c16-13-7-5-12(6-8-13)3-1-9-17-15(18)11-14-4-2-10-19-14/h2,4-8,10H,1,3,9,11H2,(H,17,18). The van der Waals surface area contributed by atoms with Gasteiger partial charge in [-0.3, -0.25) is 4.79 Å². The smallest absolute Gasteiger partial charge is 0.225 e. The third kappa shape index (κ3) is 4.83. The van der Waals surface area contributed by atoms with Gasteiger partial charge < -0.3 is 5.32 Å². The van der Waals surface area contributed by atoms with E-state index in [4.69, 9.17) is 0 Å². The predicted molar refractivity (Wildman–Crippen MR) is 75.8 cm³/mol. The Morgan fingerprint density at radius 3 is 2.68 bits per heavy atom. The van der Waals surface area contributed by atoms with Crippen LogP contribution in [0.3, 0.4) is 0 Å². The van der Waals surface area contributed by atoms with Crippen LogP contribution in [0.2, 0.25) is 0 Å². The Balaban J connectivity index is 1.64. The molecule has 1 heterocycles. The monoisotopic (exact) mass is 277 g/mol. The quantitative estimate of drug-likeness (QED) is 0.807. The van der Waals surface area contributed by atoms with Crippen LogP contribution in [0.1, 0.15) is 16.9 Å². The molecule has 0 radical (unpaired) electrons. The zero-order chi connectivity index (χ0) is 13.5. The first-order chi connectivity index (χ1) is 9.24. The minimum Gasteiger partial charge on any atom is -0.356 e. The second-order valence-corrected chi connectivity index (χ2v) is 5.37. The number of aryl methyl sites for hydroxylation is 1. The summed E-state index contributed by atoms with van der Waals surface area (Å²) in [5, 5.41) is 4.87. The van der Waals surface area contributed by atoms with E-state index in [1.807, 2.05) is 17.5 Å². The first kappa shape index (κ1) is 13.7. The second kappa shape index (κ2) is 7.04. The molecule has 2 aromatic rings. The summed E-state index contributed by atoms with van der Waals surface area (Å²) in [7, 11) is 0. The molecule has 0 fully saturated rings. The molecule has 0 bridgehead atoms. The zero-order valence-electron chi connectivity index (χ0n) is 10.6. The van der Waals surface area contributed by atoms with Crippen LogP contribution in [-0.4, -0.2) is 12.5 Å². The third-order valence-corrected chi connectivity index (χ3v) is 3.67. The SMILES string of the molecule is O=C(Cc1cccs1)NCCCc1ccc(F)cc1. The fourth-order valence-corrected chi connectivity index (χ4v) is 2.51. The van der Waals surface area contributed by atoms with Crippen molar-refractivity contribution in [1.82, 2.24) is 5.32 Å². The number of benzene rings is 1.